The number of carbonyl (C=O) groups excluding carboxylic acids is 1. The molecule has 1 amide bonds. The minimum atomic E-state index is -1.16. The number of anilines is 1. The maximum atomic E-state index is 13.7. The van der Waals surface area contributed by atoms with E-state index < -0.39 is 23.7 Å². The molecule has 0 bridgehead atoms. The number of H-pyrrole nitrogens is 1. The number of aromatic amines is 1. The third-order valence-electron chi connectivity index (χ3n) is 5.73. The van der Waals surface area contributed by atoms with E-state index in [4.69, 9.17) is 4.42 Å². The van der Waals surface area contributed by atoms with Crippen LogP contribution in [-0.4, -0.2) is 38.0 Å². The third-order valence-corrected chi connectivity index (χ3v) is 5.73. The molecule has 0 aliphatic carbocycles. The van der Waals surface area contributed by atoms with E-state index in [9.17, 15) is 19.1 Å². The van der Waals surface area contributed by atoms with Crippen molar-refractivity contribution in [2.75, 3.05) is 5.32 Å². The number of aryl methyl sites for hydroxylation is 2. The van der Waals surface area contributed by atoms with E-state index in [1.54, 1.807) is 49.8 Å². The smallest absolute Gasteiger partial charge is 0.326 e. The molecular formula is C26H26FN5O4. The Hall–Kier alpha value is -4.47. The summed E-state index contributed by atoms with van der Waals surface area (Å²) in [6.45, 7) is 3.81. The predicted octanol–water partition coefficient (Wildman–Crippen LogP) is 4.11. The fraction of sp³-hybridized carbons (Fsp3) is 0.231. The first-order chi connectivity index (χ1) is 17.3. The van der Waals surface area contributed by atoms with Gasteiger partial charge in [-0.05, 0) is 42.2 Å². The van der Waals surface area contributed by atoms with Gasteiger partial charge in [0.15, 0.2) is 5.76 Å². The van der Waals surface area contributed by atoms with E-state index in [0.29, 0.717) is 47.3 Å². The summed E-state index contributed by atoms with van der Waals surface area (Å²) in [5.74, 6) is -0.454. The molecule has 0 fully saturated rings. The minimum absolute atomic E-state index is 0.0811. The number of aliphatic carboxylic acids is 1. The molecule has 0 spiro atoms. The van der Waals surface area contributed by atoms with Gasteiger partial charge in [0, 0.05) is 29.9 Å². The van der Waals surface area contributed by atoms with Crippen molar-refractivity contribution >= 4 is 17.8 Å². The van der Waals surface area contributed by atoms with Crippen LogP contribution in [0.4, 0.5) is 10.3 Å². The summed E-state index contributed by atoms with van der Waals surface area (Å²) < 4.78 is 19.5. The molecule has 0 saturated carbocycles. The number of amides is 1. The number of carboxylic acids is 1. The Morgan fingerprint density at radius 2 is 1.97 bits per heavy atom. The maximum Gasteiger partial charge on any atom is 0.326 e. The minimum Gasteiger partial charge on any atom is -0.480 e. The molecule has 0 saturated heterocycles. The van der Waals surface area contributed by atoms with E-state index in [0.717, 1.165) is 11.1 Å². The van der Waals surface area contributed by atoms with Crippen molar-refractivity contribution in [2.45, 2.75) is 39.3 Å². The monoisotopic (exact) mass is 491 g/mol. The number of oxazole rings is 1. The van der Waals surface area contributed by atoms with Gasteiger partial charge in [0.25, 0.3) is 5.91 Å². The summed E-state index contributed by atoms with van der Waals surface area (Å²) in [5.41, 5.74) is 2.80. The predicted molar refractivity (Wildman–Crippen MR) is 131 cm³/mol. The standard InChI is InChI=1S/C26H26FN5O4/c1-3-17-12-19(27)10-15(2)23(17)24(33)32-20(25(34)35)11-16-4-6-18(7-5-16)21-13-30-22(36-21)14-31-26-28-8-9-29-26/h4-10,12-13,20H,3,11,14H2,1-2H3,(H,32,33)(H,34,35)(H2,28,29,31). The lowest BCUT2D eigenvalue weighted by Gasteiger charge is -2.17. The number of rotatable bonds is 10. The van der Waals surface area contributed by atoms with Crippen LogP contribution in [0.2, 0.25) is 0 Å². The number of hydrogen-bond acceptors (Lipinski definition) is 6. The molecule has 10 heteroatoms. The largest absolute Gasteiger partial charge is 0.480 e. The van der Waals surface area contributed by atoms with Crippen molar-refractivity contribution in [3.63, 3.8) is 0 Å². The first-order valence-electron chi connectivity index (χ1n) is 11.4. The highest BCUT2D eigenvalue weighted by Gasteiger charge is 2.24. The quantitative estimate of drug-likeness (QED) is 0.262. The molecule has 2 aromatic heterocycles. The van der Waals surface area contributed by atoms with Crippen molar-refractivity contribution in [1.29, 1.82) is 0 Å². The van der Waals surface area contributed by atoms with Gasteiger partial charge in [0.1, 0.15) is 11.9 Å². The topological polar surface area (TPSA) is 133 Å². The molecule has 2 aromatic carbocycles. The van der Waals surface area contributed by atoms with Gasteiger partial charge in [0.05, 0.1) is 12.7 Å². The Morgan fingerprint density at radius 1 is 1.19 bits per heavy atom. The number of carbonyl (C=O) groups is 2. The van der Waals surface area contributed by atoms with Crippen molar-refractivity contribution in [3.05, 3.63) is 89.0 Å². The first-order valence-corrected chi connectivity index (χ1v) is 11.4. The van der Waals surface area contributed by atoms with Crippen LogP contribution in [0, 0.1) is 12.7 Å². The van der Waals surface area contributed by atoms with Crippen molar-refractivity contribution in [2.24, 2.45) is 0 Å². The third kappa shape index (κ3) is 5.77. The number of hydrogen-bond donors (Lipinski definition) is 4. The number of nitrogens with one attached hydrogen (secondary N) is 3. The van der Waals surface area contributed by atoms with E-state index in [1.165, 1.54) is 12.1 Å². The van der Waals surface area contributed by atoms with Gasteiger partial charge < -0.3 is 25.1 Å². The number of carboxylic acid groups (broad SMARTS) is 1. The highest BCUT2D eigenvalue weighted by atomic mass is 19.1. The lowest BCUT2D eigenvalue weighted by molar-refractivity contribution is -0.139. The van der Waals surface area contributed by atoms with Crippen LogP contribution < -0.4 is 10.6 Å². The lowest BCUT2D eigenvalue weighted by atomic mass is 9.98. The Labute approximate surface area is 206 Å². The Kier molecular flexibility index (Phi) is 7.43. The fourth-order valence-corrected chi connectivity index (χ4v) is 3.93. The van der Waals surface area contributed by atoms with E-state index in [1.807, 2.05) is 6.92 Å². The summed E-state index contributed by atoms with van der Waals surface area (Å²) >= 11 is 0. The number of benzene rings is 2. The molecule has 1 unspecified atom stereocenters. The number of halogens is 1. The van der Waals surface area contributed by atoms with Gasteiger partial charge in [-0.15, -0.1) is 0 Å². The van der Waals surface area contributed by atoms with Crippen molar-refractivity contribution in [3.8, 4) is 11.3 Å². The summed E-state index contributed by atoms with van der Waals surface area (Å²) in [5, 5.41) is 15.4. The number of imidazole rings is 1. The zero-order valence-corrected chi connectivity index (χ0v) is 19.8. The molecule has 0 radical (unpaired) electrons. The molecular weight excluding hydrogens is 465 g/mol. The van der Waals surface area contributed by atoms with Crippen LogP contribution in [0.5, 0.6) is 0 Å². The van der Waals surface area contributed by atoms with Crippen LogP contribution in [0.15, 0.2) is 59.4 Å². The average molecular weight is 492 g/mol. The molecule has 186 valence electrons. The second kappa shape index (κ2) is 10.9. The second-order valence-corrected chi connectivity index (χ2v) is 8.29. The number of aromatic nitrogens is 3. The van der Waals surface area contributed by atoms with Crippen LogP contribution in [-0.2, 0) is 24.2 Å². The zero-order valence-electron chi connectivity index (χ0n) is 19.8. The molecule has 4 aromatic rings. The van der Waals surface area contributed by atoms with Gasteiger partial charge in [-0.25, -0.2) is 19.2 Å². The second-order valence-electron chi connectivity index (χ2n) is 8.29. The van der Waals surface area contributed by atoms with Crippen molar-refractivity contribution < 1.29 is 23.5 Å². The maximum absolute atomic E-state index is 13.7. The molecule has 0 aliphatic heterocycles. The van der Waals surface area contributed by atoms with Gasteiger partial charge in [-0.1, -0.05) is 31.2 Å². The summed E-state index contributed by atoms with van der Waals surface area (Å²) in [4.78, 5) is 36.1. The average Bonchev–Trinajstić information content (AvgIpc) is 3.54. The number of nitrogens with zero attached hydrogens (tertiary/aromatic N) is 2. The molecule has 9 nitrogen and oxygen atoms in total. The van der Waals surface area contributed by atoms with E-state index >= 15 is 0 Å². The first kappa shape index (κ1) is 24.6. The van der Waals surface area contributed by atoms with Crippen LogP contribution in [0.3, 0.4) is 0 Å². The van der Waals surface area contributed by atoms with Gasteiger partial charge in [-0.3, -0.25) is 4.79 Å². The fourth-order valence-electron chi connectivity index (χ4n) is 3.93. The molecule has 0 aliphatic rings. The van der Waals surface area contributed by atoms with Crippen molar-refractivity contribution in [1.82, 2.24) is 20.3 Å². The zero-order chi connectivity index (χ0) is 25.7. The summed E-state index contributed by atoms with van der Waals surface area (Å²) in [6, 6.07) is 8.59. The van der Waals surface area contributed by atoms with Gasteiger partial charge in [0.2, 0.25) is 11.8 Å². The van der Waals surface area contributed by atoms with Gasteiger partial charge in [-0.2, -0.15) is 0 Å². The Balaban J connectivity index is 1.42. The molecule has 1 atom stereocenters. The molecule has 36 heavy (non-hydrogen) atoms. The summed E-state index contributed by atoms with van der Waals surface area (Å²) in [6.07, 6.45) is 5.49. The molecule has 4 N–H and O–H groups in total. The Morgan fingerprint density at radius 3 is 2.64 bits per heavy atom. The summed E-state index contributed by atoms with van der Waals surface area (Å²) in [7, 11) is 0. The van der Waals surface area contributed by atoms with Crippen LogP contribution >= 0.6 is 0 Å². The van der Waals surface area contributed by atoms with Gasteiger partial charge >= 0.3 is 5.97 Å². The molecule has 4 rings (SSSR count). The SMILES string of the molecule is CCc1cc(F)cc(C)c1C(=O)NC(Cc1ccc(-c2cnc(CNc3ncc[nH]3)o2)cc1)C(=O)O. The Bertz CT molecular complexity index is 1350. The highest BCUT2D eigenvalue weighted by molar-refractivity contribution is 5.99. The van der Waals surface area contributed by atoms with Crippen LogP contribution in [0.25, 0.3) is 11.3 Å². The normalized spacial score (nSPS) is 11.8. The van der Waals surface area contributed by atoms with E-state index in [-0.39, 0.29) is 6.42 Å². The highest BCUT2D eigenvalue weighted by Crippen LogP contribution is 2.22. The van der Waals surface area contributed by atoms with E-state index in [2.05, 4.69) is 25.6 Å². The molecule has 2 heterocycles. The van der Waals surface area contributed by atoms with Crippen LogP contribution in [0.1, 0.15) is 39.9 Å². The lowest BCUT2D eigenvalue weighted by Crippen LogP contribution is -2.42.